The standard InChI is InChI=1S/C5H14O3SSi2/c1-2-9-4(5(6)7)3-11-8-10/h4H,2-3,11H2,1,10H3,(H,6,7). The van der Waals surface area contributed by atoms with Gasteiger partial charge in [0.1, 0.15) is 25.5 Å². The third-order valence-electron chi connectivity index (χ3n) is 1.23. The van der Waals surface area contributed by atoms with Gasteiger partial charge in [-0.3, -0.25) is 4.79 Å². The summed E-state index contributed by atoms with van der Waals surface area (Å²) in [7, 11) is 0.225. The minimum atomic E-state index is -0.692. The van der Waals surface area contributed by atoms with E-state index in [2.05, 4.69) is 0 Å². The zero-order valence-electron chi connectivity index (χ0n) is 6.87. The van der Waals surface area contributed by atoms with E-state index in [-0.39, 0.29) is 5.25 Å². The van der Waals surface area contributed by atoms with Crippen molar-refractivity contribution in [1.82, 2.24) is 0 Å². The second-order valence-electron chi connectivity index (χ2n) is 2.06. The number of carbonyl (C=O) groups is 1. The van der Waals surface area contributed by atoms with Crippen LogP contribution in [0, 0.1) is 0 Å². The van der Waals surface area contributed by atoms with Crippen LogP contribution in [0.2, 0.25) is 6.04 Å². The monoisotopic (exact) mass is 210 g/mol. The van der Waals surface area contributed by atoms with Gasteiger partial charge < -0.3 is 9.22 Å². The van der Waals surface area contributed by atoms with Crippen LogP contribution in [0.3, 0.4) is 0 Å². The lowest BCUT2D eigenvalue weighted by Crippen LogP contribution is -2.19. The number of thioether (sulfide) groups is 1. The summed E-state index contributed by atoms with van der Waals surface area (Å²) in [4.78, 5) is 10.6. The highest BCUT2D eigenvalue weighted by Crippen LogP contribution is 2.14. The van der Waals surface area contributed by atoms with E-state index in [4.69, 9.17) is 9.22 Å². The van der Waals surface area contributed by atoms with Crippen molar-refractivity contribution >= 4 is 38.0 Å². The molecule has 0 heterocycles. The molecule has 1 atom stereocenters. The molecule has 0 aromatic rings. The molecule has 0 fully saturated rings. The number of hydrogen-bond donors (Lipinski definition) is 1. The maximum atomic E-state index is 10.6. The molecule has 0 saturated carbocycles. The Morgan fingerprint density at radius 3 is 2.91 bits per heavy atom. The Balaban J connectivity index is 3.60. The third-order valence-corrected chi connectivity index (χ3v) is 5.26. The van der Waals surface area contributed by atoms with E-state index in [1.54, 1.807) is 0 Å². The Labute approximate surface area is 76.4 Å². The molecule has 0 aromatic carbocycles. The zero-order valence-corrected chi connectivity index (χ0v) is 11.1. The number of carboxylic acid groups (broad SMARTS) is 1. The summed E-state index contributed by atoms with van der Waals surface area (Å²) in [6.45, 7) is 1.98. The van der Waals surface area contributed by atoms with Crippen molar-refractivity contribution in [2.24, 2.45) is 0 Å². The number of rotatable bonds is 6. The fourth-order valence-corrected chi connectivity index (χ4v) is 3.61. The Bertz CT molecular complexity index is 122. The molecule has 0 aliphatic heterocycles. The van der Waals surface area contributed by atoms with Crippen LogP contribution in [-0.4, -0.2) is 42.3 Å². The Kier molecular flexibility index (Phi) is 7.03. The number of hydrogen-bond acceptors (Lipinski definition) is 3. The van der Waals surface area contributed by atoms with Crippen LogP contribution in [0.5, 0.6) is 0 Å². The Hall–Kier alpha value is 0.214. The first-order valence-electron chi connectivity index (χ1n) is 3.55. The number of carboxylic acids is 1. The van der Waals surface area contributed by atoms with Gasteiger partial charge in [-0.25, -0.2) is 0 Å². The van der Waals surface area contributed by atoms with E-state index < -0.39 is 15.7 Å². The van der Waals surface area contributed by atoms with E-state index in [9.17, 15) is 4.79 Å². The minimum Gasteiger partial charge on any atom is -0.480 e. The van der Waals surface area contributed by atoms with Gasteiger partial charge in [-0.2, -0.15) is 0 Å². The lowest BCUT2D eigenvalue weighted by atomic mass is 10.5. The van der Waals surface area contributed by atoms with Crippen molar-refractivity contribution in [3.8, 4) is 0 Å². The Morgan fingerprint density at radius 2 is 2.55 bits per heavy atom. The first-order valence-corrected chi connectivity index (χ1v) is 7.00. The van der Waals surface area contributed by atoms with Crippen LogP contribution in [0.25, 0.3) is 0 Å². The van der Waals surface area contributed by atoms with Crippen LogP contribution < -0.4 is 0 Å². The summed E-state index contributed by atoms with van der Waals surface area (Å²) in [6, 6.07) is 0.761. The van der Waals surface area contributed by atoms with Crippen molar-refractivity contribution in [1.29, 1.82) is 0 Å². The molecule has 0 rings (SSSR count). The molecule has 0 amide bonds. The van der Waals surface area contributed by atoms with Gasteiger partial charge in [-0.15, -0.1) is 11.8 Å². The summed E-state index contributed by atoms with van der Waals surface area (Å²) in [6.07, 6.45) is 0. The number of aliphatic carboxylic acids is 1. The summed E-state index contributed by atoms with van der Waals surface area (Å²) >= 11 is 1.50. The van der Waals surface area contributed by atoms with Crippen LogP contribution in [0.15, 0.2) is 0 Å². The van der Waals surface area contributed by atoms with Gasteiger partial charge in [0.05, 0.1) is 0 Å². The first kappa shape index (κ1) is 11.2. The topological polar surface area (TPSA) is 46.5 Å². The summed E-state index contributed by atoms with van der Waals surface area (Å²) < 4.78 is 5.07. The van der Waals surface area contributed by atoms with Crippen LogP contribution in [-0.2, 0) is 8.91 Å². The maximum absolute atomic E-state index is 10.6. The Morgan fingerprint density at radius 1 is 1.91 bits per heavy atom. The molecule has 6 heteroatoms. The maximum Gasteiger partial charge on any atom is 0.316 e. The van der Waals surface area contributed by atoms with Crippen LogP contribution in [0.1, 0.15) is 6.92 Å². The lowest BCUT2D eigenvalue weighted by molar-refractivity contribution is -0.136. The SMILES string of the molecule is CCSC(C[SiH2]O[SiH3])C(=O)O. The van der Waals surface area contributed by atoms with Crippen molar-refractivity contribution < 1.29 is 14.0 Å². The van der Waals surface area contributed by atoms with Gasteiger partial charge in [-0.1, -0.05) is 6.92 Å². The molecule has 0 saturated heterocycles. The van der Waals surface area contributed by atoms with Gasteiger partial charge in [-0.05, 0) is 11.8 Å². The highest BCUT2D eigenvalue weighted by Gasteiger charge is 2.15. The third kappa shape index (κ3) is 5.48. The van der Waals surface area contributed by atoms with Crippen molar-refractivity contribution in [3.05, 3.63) is 0 Å². The average Bonchev–Trinajstić information content (AvgIpc) is 1.97. The van der Waals surface area contributed by atoms with Gasteiger partial charge >= 0.3 is 5.97 Å². The zero-order chi connectivity index (χ0) is 8.69. The smallest absolute Gasteiger partial charge is 0.316 e. The predicted octanol–water partition coefficient (Wildman–Crippen LogP) is -1.01. The van der Waals surface area contributed by atoms with Gasteiger partial charge in [0.15, 0.2) is 0 Å². The fourth-order valence-electron chi connectivity index (χ4n) is 0.704. The molecular weight excluding hydrogens is 196 g/mol. The van der Waals surface area contributed by atoms with E-state index in [1.165, 1.54) is 11.8 Å². The normalized spacial score (nSPS) is 14.3. The van der Waals surface area contributed by atoms with Crippen molar-refractivity contribution in [2.75, 3.05) is 5.75 Å². The second kappa shape index (κ2) is 6.90. The quantitative estimate of drug-likeness (QED) is 0.571. The first-order chi connectivity index (χ1) is 5.22. The molecule has 0 aliphatic rings. The van der Waals surface area contributed by atoms with Crippen LogP contribution in [0.4, 0.5) is 0 Å². The van der Waals surface area contributed by atoms with E-state index >= 15 is 0 Å². The molecule has 0 radical (unpaired) electrons. The molecule has 66 valence electrons. The molecule has 0 spiro atoms. The second-order valence-corrected chi connectivity index (χ2v) is 6.84. The molecule has 11 heavy (non-hydrogen) atoms. The van der Waals surface area contributed by atoms with E-state index in [1.807, 2.05) is 6.92 Å². The highest BCUT2D eigenvalue weighted by atomic mass is 32.2. The fraction of sp³-hybridized carbons (Fsp3) is 0.800. The minimum absolute atomic E-state index is 0.222. The molecule has 0 bridgehead atoms. The van der Waals surface area contributed by atoms with Crippen LogP contribution >= 0.6 is 11.8 Å². The largest absolute Gasteiger partial charge is 0.480 e. The average molecular weight is 210 g/mol. The van der Waals surface area contributed by atoms with E-state index in [0.29, 0.717) is 0 Å². The summed E-state index contributed by atoms with van der Waals surface area (Å²) in [5.74, 6) is 0.176. The molecule has 3 nitrogen and oxygen atoms in total. The van der Waals surface area contributed by atoms with Gasteiger partial charge in [0.25, 0.3) is 0 Å². The van der Waals surface area contributed by atoms with Gasteiger partial charge in [0.2, 0.25) is 0 Å². The molecular formula is C5H14O3SSi2. The summed E-state index contributed by atoms with van der Waals surface area (Å²) in [5, 5.41) is 8.47. The molecule has 1 unspecified atom stereocenters. The van der Waals surface area contributed by atoms with Crippen molar-refractivity contribution in [2.45, 2.75) is 18.2 Å². The highest BCUT2D eigenvalue weighted by molar-refractivity contribution is 8.00. The van der Waals surface area contributed by atoms with Gasteiger partial charge in [0, 0.05) is 0 Å². The predicted molar refractivity (Wildman–Crippen MR) is 53.9 cm³/mol. The lowest BCUT2D eigenvalue weighted by Gasteiger charge is -2.08. The molecule has 0 aliphatic carbocycles. The summed E-state index contributed by atoms with van der Waals surface area (Å²) in [5.41, 5.74) is 0. The van der Waals surface area contributed by atoms with E-state index in [0.717, 1.165) is 22.3 Å². The molecule has 0 aromatic heterocycles. The van der Waals surface area contributed by atoms with Crippen molar-refractivity contribution in [3.63, 3.8) is 0 Å². The molecule has 1 N–H and O–H groups in total.